The summed E-state index contributed by atoms with van der Waals surface area (Å²) in [4.78, 5) is 9.90. The van der Waals surface area contributed by atoms with Crippen LogP contribution in [0.2, 0.25) is 0 Å². The van der Waals surface area contributed by atoms with Gasteiger partial charge in [-0.05, 0) is 13.8 Å². The number of thiocarbonyl (C=S) groups is 1. The van der Waals surface area contributed by atoms with E-state index in [-0.39, 0.29) is 11.0 Å². The second kappa shape index (κ2) is 5.78. The molecule has 1 aromatic heterocycles. The Balaban J connectivity index is 2.01. The Morgan fingerprint density at radius 3 is 2.14 bits per heavy atom. The molecule has 0 atom stereocenters. The minimum Gasteiger partial charge on any atom is -0.392 e. The standard InChI is InChI=1S/C14H25N5S2/c1-13(2,3)11-16-12(21-17-11)18-6-8-19(9-7-18)14(4,5)10(15)20/h6-9H2,1-5H3,(H2,15,20). The van der Waals surface area contributed by atoms with Crippen LogP contribution in [-0.4, -0.2) is 51.0 Å². The lowest BCUT2D eigenvalue weighted by molar-refractivity contribution is 0.168. The highest BCUT2D eigenvalue weighted by molar-refractivity contribution is 7.80. The molecule has 1 aromatic rings. The van der Waals surface area contributed by atoms with Crippen molar-refractivity contribution in [3.8, 4) is 0 Å². The summed E-state index contributed by atoms with van der Waals surface area (Å²) >= 11 is 6.68. The van der Waals surface area contributed by atoms with Gasteiger partial charge in [0.1, 0.15) is 5.82 Å². The average Bonchev–Trinajstić information content (AvgIpc) is 2.88. The molecule has 1 saturated heterocycles. The van der Waals surface area contributed by atoms with Crippen molar-refractivity contribution in [1.82, 2.24) is 14.3 Å². The molecule has 0 amide bonds. The Morgan fingerprint density at radius 2 is 1.71 bits per heavy atom. The first-order valence-electron chi connectivity index (χ1n) is 7.26. The van der Waals surface area contributed by atoms with E-state index < -0.39 is 0 Å². The van der Waals surface area contributed by atoms with Gasteiger partial charge in [0.05, 0.1) is 10.5 Å². The van der Waals surface area contributed by atoms with Gasteiger partial charge in [0.25, 0.3) is 0 Å². The molecule has 0 spiro atoms. The summed E-state index contributed by atoms with van der Waals surface area (Å²) in [5, 5.41) is 1.02. The first kappa shape index (κ1) is 16.6. The van der Waals surface area contributed by atoms with E-state index in [0.29, 0.717) is 4.99 Å². The van der Waals surface area contributed by atoms with Crippen molar-refractivity contribution in [3.63, 3.8) is 0 Å². The van der Waals surface area contributed by atoms with Gasteiger partial charge in [-0.1, -0.05) is 33.0 Å². The fourth-order valence-electron chi connectivity index (χ4n) is 2.26. The molecule has 2 N–H and O–H groups in total. The van der Waals surface area contributed by atoms with Crippen molar-refractivity contribution in [2.75, 3.05) is 31.1 Å². The number of anilines is 1. The Labute approximate surface area is 136 Å². The van der Waals surface area contributed by atoms with Crippen LogP contribution < -0.4 is 10.6 Å². The molecule has 7 heteroatoms. The molecule has 0 aromatic carbocycles. The number of rotatable bonds is 3. The van der Waals surface area contributed by atoms with Crippen molar-refractivity contribution in [2.24, 2.45) is 5.73 Å². The van der Waals surface area contributed by atoms with Crippen LogP contribution >= 0.6 is 23.8 Å². The Bertz CT molecular complexity index is 510. The van der Waals surface area contributed by atoms with Crippen LogP contribution in [0.5, 0.6) is 0 Å². The number of nitrogens with two attached hydrogens (primary N) is 1. The highest BCUT2D eigenvalue weighted by atomic mass is 32.1. The zero-order chi connectivity index (χ0) is 15.8. The molecule has 0 unspecified atom stereocenters. The van der Waals surface area contributed by atoms with Crippen LogP contribution in [0.25, 0.3) is 0 Å². The third kappa shape index (κ3) is 3.52. The van der Waals surface area contributed by atoms with Crippen LogP contribution in [0.4, 0.5) is 5.13 Å². The van der Waals surface area contributed by atoms with Crippen LogP contribution in [0.15, 0.2) is 0 Å². The molecular weight excluding hydrogens is 302 g/mol. The third-order valence-electron chi connectivity index (χ3n) is 4.03. The number of hydrogen-bond donors (Lipinski definition) is 1. The molecule has 1 aliphatic rings. The summed E-state index contributed by atoms with van der Waals surface area (Å²) in [6.45, 7) is 14.4. The van der Waals surface area contributed by atoms with E-state index in [2.05, 4.69) is 48.8 Å². The van der Waals surface area contributed by atoms with E-state index >= 15 is 0 Å². The van der Waals surface area contributed by atoms with Crippen molar-refractivity contribution < 1.29 is 0 Å². The first-order chi connectivity index (χ1) is 9.62. The van der Waals surface area contributed by atoms with E-state index in [1.165, 1.54) is 11.5 Å². The lowest BCUT2D eigenvalue weighted by Crippen LogP contribution is -2.59. The van der Waals surface area contributed by atoms with Gasteiger partial charge in [-0.3, -0.25) is 4.90 Å². The maximum absolute atomic E-state index is 5.85. The number of hydrogen-bond acceptors (Lipinski definition) is 6. The largest absolute Gasteiger partial charge is 0.392 e. The smallest absolute Gasteiger partial charge is 0.205 e. The van der Waals surface area contributed by atoms with Gasteiger partial charge in [-0.2, -0.15) is 4.37 Å². The fourth-order valence-corrected chi connectivity index (χ4v) is 3.30. The fraction of sp³-hybridized carbons (Fsp3) is 0.786. The Hall–Kier alpha value is -0.790. The quantitative estimate of drug-likeness (QED) is 0.857. The van der Waals surface area contributed by atoms with Crippen molar-refractivity contribution in [1.29, 1.82) is 0 Å². The third-order valence-corrected chi connectivity index (χ3v) is 5.31. The average molecular weight is 328 g/mol. The maximum Gasteiger partial charge on any atom is 0.205 e. The summed E-state index contributed by atoms with van der Waals surface area (Å²) in [6, 6.07) is 0. The van der Waals surface area contributed by atoms with E-state index in [0.717, 1.165) is 37.1 Å². The number of piperazine rings is 1. The van der Waals surface area contributed by atoms with Gasteiger partial charge >= 0.3 is 0 Å². The Morgan fingerprint density at radius 1 is 1.14 bits per heavy atom. The van der Waals surface area contributed by atoms with E-state index in [4.69, 9.17) is 22.9 Å². The summed E-state index contributed by atoms with van der Waals surface area (Å²) < 4.78 is 4.49. The lowest BCUT2D eigenvalue weighted by atomic mass is 9.96. The van der Waals surface area contributed by atoms with Gasteiger partial charge in [0.2, 0.25) is 5.13 Å². The minimum atomic E-state index is -0.223. The van der Waals surface area contributed by atoms with Crippen LogP contribution in [0.3, 0.4) is 0 Å². The molecular formula is C14H25N5S2. The maximum atomic E-state index is 5.85. The van der Waals surface area contributed by atoms with Crippen LogP contribution in [0, 0.1) is 0 Å². The zero-order valence-corrected chi connectivity index (χ0v) is 15.1. The van der Waals surface area contributed by atoms with Crippen molar-refractivity contribution >= 4 is 33.9 Å². The Kier molecular flexibility index (Phi) is 4.56. The molecule has 0 saturated carbocycles. The van der Waals surface area contributed by atoms with E-state index in [1.807, 2.05) is 0 Å². The molecule has 0 radical (unpaired) electrons. The first-order valence-corrected chi connectivity index (χ1v) is 8.44. The molecule has 0 aliphatic carbocycles. The van der Waals surface area contributed by atoms with Crippen LogP contribution in [0.1, 0.15) is 40.4 Å². The SMILES string of the molecule is CC(C)(C)c1nsc(N2CCN(C(C)(C)C(N)=S)CC2)n1. The van der Waals surface area contributed by atoms with Gasteiger partial charge in [-0.25, -0.2) is 4.98 Å². The van der Waals surface area contributed by atoms with Gasteiger partial charge in [-0.15, -0.1) is 0 Å². The summed E-state index contributed by atoms with van der Waals surface area (Å²) in [7, 11) is 0. The molecule has 2 heterocycles. The van der Waals surface area contributed by atoms with Crippen molar-refractivity contribution in [2.45, 2.75) is 45.6 Å². The topological polar surface area (TPSA) is 58.3 Å². The molecule has 1 fully saturated rings. The van der Waals surface area contributed by atoms with Crippen molar-refractivity contribution in [3.05, 3.63) is 5.82 Å². The van der Waals surface area contributed by atoms with E-state index in [9.17, 15) is 0 Å². The zero-order valence-electron chi connectivity index (χ0n) is 13.5. The number of aromatic nitrogens is 2. The minimum absolute atomic E-state index is 0.00427. The van der Waals surface area contributed by atoms with Gasteiger partial charge in [0, 0.05) is 43.1 Å². The predicted octanol–water partition coefficient (Wildman–Crippen LogP) is 2.02. The second-order valence-corrected chi connectivity index (χ2v) is 8.22. The highest BCUT2D eigenvalue weighted by Crippen LogP contribution is 2.27. The molecule has 118 valence electrons. The summed E-state index contributed by atoms with van der Waals surface area (Å²) in [6.07, 6.45) is 0. The molecule has 2 rings (SSSR count). The van der Waals surface area contributed by atoms with E-state index in [1.54, 1.807) is 0 Å². The summed E-state index contributed by atoms with van der Waals surface area (Å²) in [5.74, 6) is 0.924. The predicted molar refractivity (Wildman–Crippen MR) is 93.3 cm³/mol. The van der Waals surface area contributed by atoms with Gasteiger partial charge < -0.3 is 10.6 Å². The van der Waals surface area contributed by atoms with Gasteiger partial charge in [0.15, 0.2) is 0 Å². The highest BCUT2D eigenvalue weighted by Gasteiger charge is 2.33. The molecule has 21 heavy (non-hydrogen) atoms. The molecule has 0 bridgehead atoms. The second-order valence-electron chi connectivity index (χ2n) is 7.05. The number of nitrogens with zero attached hydrogens (tertiary/aromatic N) is 4. The van der Waals surface area contributed by atoms with Crippen LogP contribution in [-0.2, 0) is 5.41 Å². The summed E-state index contributed by atoms with van der Waals surface area (Å²) in [5.41, 5.74) is 5.64. The molecule has 5 nitrogen and oxygen atoms in total. The monoisotopic (exact) mass is 327 g/mol. The lowest BCUT2D eigenvalue weighted by Gasteiger charge is -2.43. The molecule has 1 aliphatic heterocycles. The normalized spacial score (nSPS) is 18.0.